The molecule has 1 heterocycles. The van der Waals surface area contributed by atoms with Gasteiger partial charge in [-0.2, -0.15) is 0 Å². The average molecular weight is 403 g/mol. The van der Waals surface area contributed by atoms with Gasteiger partial charge in [0.25, 0.3) is 0 Å². The van der Waals surface area contributed by atoms with Crippen LogP contribution in [0, 0.1) is 9.49 Å². The third kappa shape index (κ3) is 3.67. The van der Waals surface area contributed by atoms with E-state index in [1.807, 2.05) is 6.92 Å². The number of aryl methyl sites for hydroxylation is 1. The van der Waals surface area contributed by atoms with Crippen LogP contribution < -0.4 is 5.73 Å². The van der Waals surface area contributed by atoms with E-state index in [0.717, 1.165) is 46.7 Å². The van der Waals surface area contributed by atoms with Crippen molar-refractivity contribution in [1.82, 2.24) is 9.97 Å². The fourth-order valence-corrected chi connectivity index (χ4v) is 3.57. The molecule has 0 atom stereocenters. The van der Waals surface area contributed by atoms with Crippen molar-refractivity contribution in [1.29, 1.82) is 0 Å². The van der Waals surface area contributed by atoms with Gasteiger partial charge in [0.05, 0.1) is 9.26 Å². The van der Waals surface area contributed by atoms with E-state index in [4.69, 9.17) is 15.5 Å². The van der Waals surface area contributed by atoms with E-state index in [1.54, 1.807) is 0 Å². The van der Waals surface area contributed by atoms with E-state index >= 15 is 0 Å². The molecule has 5 heteroatoms. The van der Waals surface area contributed by atoms with E-state index in [-0.39, 0.29) is 5.60 Å². The lowest BCUT2D eigenvalue weighted by Gasteiger charge is -2.38. The molecule has 1 aliphatic carbocycles. The van der Waals surface area contributed by atoms with Crippen LogP contribution >= 0.6 is 22.6 Å². The zero-order chi connectivity index (χ0) is 15.5. The Bertz CT molecular complexity index is 485. The van der Waals surface area contributed by atoms with Gasteiger partial charge >= 0.3 is 0 Å². The van der Waals surface area contributed by atoms with Crippen molar-refractivity contribution in [2.24, 2.45) is 5.92 Å². The lowest BCUT2D eigenvalue weighted by molar-refractivity contribution is -0.0837. The predicted octanol–water partition coefficient (Wildman–Crippen LogP) is 4.06. The fraction of sp³-hybridized carbons (Fsp3) is 0.750. The van der Waals surface area contributed by atoms with Crippen molar-refractivity contribution < 1.29 is 4.74 Å². The van der Waals surface area contributed by atoms with Gasteiger partial charge in [-0.05, 0) is 67.5 Å². The molecule has 4 nitrogen and oxygen atoms in total. The van der Waals surface area contributed by atoms with Crippen LogP contribution in [0.4, 0.5) is 5.82 Å². The van der Waals surface area contributed by atoms with Gasteiger partial charge in [0.15, 0.2) is 5.82 Å². The number of nitrogens with zero attached hydrogens (tertiary/aromatic N) is 2. The van der Waals surface area contributed by atoms with Crippen molar-refractivity contribution in [3.63, 3.8) is 0 Å². The average Bonchev–Trinajstić information content (AvgIpc) is 2.47. The molecule has 0 amide bonds. The largest absolute Gasteiger partial charge is 0.383 e. The van der Waals surface area contributed by atoms with Crippen molar-refractivity contribution in [3.8, 4) is 0 Å². The summed E-state index contributed by atoms with van der Waals surface area (Å²) in [7, 11) is 0. The first-order valence-corrected chi connectivity index (χ1v) is 9.06. The smallest absolute Gasteiger partial charge is 0.162 e. The molecule has 1 aliphatic rings. The van der Waals surface area contributed by atoms with E-state index in [0.29, 0.717) is 12.4 Å². The zero-order valence-corrected chi connectivity index (χ0v) is 15.4. The molecule has 1 aromatic heterocycles. The number of ether oxygens (including phenoxy) is 1. The molecule has 0 bridgehead atoms. The normalized spacial score (nSPS) is 26.0. The van der Waals surface area contributed by atoms with Gasteiger partial charge in [-0.15, -0.1) is 0 Å². The zero-order valence-electron chi connectivity index (χ0n) is 13.3. The van der Waals surface area contributed by atoms with Crippen molar-refractivity contribution >= 4 is 28.4 Å². The number of nitrogens with two attached hydrogens (primary N) is 1. The predicted molar refractivity (Wildman–Crippen MR) is 94.1 cm³/mol. The lowest BCUT2D eigenvalue weighted by Crippen LogP contribution is -2.37. The van der Waals surface area contributed by atoms with Gasteiger partial charge in [0.1, 0.15) is 11.4 Å². The summed E-state index contributed by atoms with van der Waals surface area (Å²) in [5.41, 5.74) is 6.86. The molecule has 0 aromatic carbocycles. The molecule has 1 fully saturated rings. The molecular formula is C16H26IN3O. The Hall–Kier alpha value is -0.430. The Morgan fingerprint density at radius 1 is 1.29 bits per heavy atom. The lowest BCUT2D eigenvalue weighted by atomic mass is 9.78. The highest BCUT2D eigenvalue weighted by atomic mass is 127. The third-order valence-corrected chi connectivity index (χ3v) is 5.52. The number of rotatable bonds is 5. The standard InChI is InChI=1S/C16H26IN3O/c1-4-6-12-13(17)14(18)20-15(19-12)16(21-5-2)9-7-11(3)8-10-16/h11H,4-10H2,1-3H3,(H2,18,19,20). The number of nitrogen functional groups attached to an aromatic ring is 1. The second-order valence-corrected chi connectivity index (χ2v) is 7.13. The maximum atomic E-state index is 6.15. The summed E-state index contributed by atoms with van der Waals surface area (Å²) in [5.74, 6) is 2.16. The van der Waals surface area contributed by atoms with E-state index in [9.17, 15) is 0 Å². The molecule has 118 valence electrons. The summed E-state index contributed by atoms with van der Waals surface area (Å²) < 4.78 is 7.14. The first kappa shape index (κ1) is 16.9. The number of hydrogen-bond acceptors (Lipinski definition) is 4. The molecule has 0 aliphatic heterocycles. The van der Waals surface area contributed by atoms with Gasteiger partial charge in [-0.3, -0.25) is 0 Å². The van der Waals surface area contributed by atoms with Crippen LogP contribution in [-0.4, -0.2) is 16.6 Å². The van der Waals surface area contributed by atoms with Crippen LogP contribution in [0.5, 0.6) is 0 Å². The minimum Gasteiger partial charge on any atom is -0.383 e. The third-order valence-electron chi connectivity index (χ3n) is 4.34. The maximum Gasteiger partial charge on any atom is 0.162 e. The first-order chi connectivity index (χ1) is 10.0. The monoisotopic (exact) mass is 403 g/mol. The van der Waals surface area contributed by atoms with E-state index in [2.05, 4.69) is 41.4 Å². The molecule has 0 radical (unpaired) electrons. The Kier molecular flexibility index (Phi) is 5.82. The molecular weight excluding hydrogens is 377 g/mol. The summed E-state index contributed by atoms with van der Waals surface area (Å²) in [6, 6.07) is 0. The number of anilines is 1. The topological polar surface area (TPSA) is 61.0 Å². The quantitative estimate of drug-likeness (QED) is 0.754. The summed E-state index contributed by atoms with van der Waals surface area (Å²) in [5, 5.41) is 0. The highest BCUT2D eigenvalue weighted by Crippen LogP contribution is 2.41. The molecule has 0 unspecified atom stereocenters. The van der Waals surface area contributed by atoms with Gasteiger partial charge in [0, 0.05) is 6.61 Å². The highest BCUT2D eigenvalue weighted by Gasteiger charge is 2.39. The number of aromatic nitrogens is 2. The summed E-state index contributed by atoms with van der Waals surface area (Å²) in [6.07, 6.45) is 6.32. The molecule has 0 saturated heterocycles. The molecule has 1 aromatic rings. The Morgan fingerprint density at radius 3 is 2.52 bits per heavy atom. The van der Waals surface area contributed by atoms with Crippen molar-refractivity contribution in [3.05, 3.63) is 15.1 Å². The second kappa shape index (κ2) is 7.22. The Morgan fingerprint density at radius 2 is 1.95 bits per heavy atom. The summed E-state index contributed by atoms with van der Waals surface area (Å²) in [4.78, 5) is 9.43. The molecule has 2 N–H and O–H groups in total. The minimum atomic E-state index is -0.331. The maximum absolute atomic E-state index is 6.15. The van der Waals surface area contributed by atoms with E-state index < -0.39 is 0 Å². The van der Waals surface area contributed by atoms with Crippen LogP contribution in [-0.2, 0) is 16.8 Å². The van der Waals surface area contributed by atoms with Gasteiger partial charge in [0.2, 0.25) is 0 Å². The molecule has 0 spiro atoms. The van der Waals surface area contributed by atoms with Crippen molar-refractivity contribution in [2.45, 2.75) is 64.9 Å². The van der Waals surface area contributed by atoms with Crippen LogP contribution in [0.2, 0.25) is 0 Å². The van der Waals surface area contributed by atoms with Gasteiger partial charge in [-0.1, -0.05) is 20.3 Å². The number of halogens is 1. The van der Waals surface area contributed by atoms with E-state index in [1.165, 1.54) is 12.8 Å². The fourth-order valence-electron chi connectivity index (χ4n) is 3.06. The van der Waals surface area contributed by atoms with Crippen LogP contribution in [0.3, 0.4) is 0 Å². The van der Waals surface area contributed by atoms with Crippen LogP contribution in [0.1, 0.15) is 64.4 Å². The Balaban J connectivity index is 2.40. The van der Waals surface area contributed by atoms with Gasteiger partial charge in [-0.25, -0.2) is 9.97 Å². The number of hydrogen-bond donors (Lipinski definition) is 1. The summed E-state index contributed by atoms with van der Waals surface area (Å²) >= 11 is 2.25. The van der Waals surface area contributed by atoms with Gasteiger partial charge < -0.3 is 10.5 Å². The molecule has 2 rings (SSSR count). The highest BCUT2D eigenvalue weighted by molar-refractivity contribution is 14.1. The van der Waals surface area contributed by atoms with Crippen LogP contribution in [0.15, 0.2) is 0 Å². The Labute approximate surface area is 141 Å². The SMILES string of the molecule is CCCc1nc(C2(OCC)CCC(C)CC2)nc(N)c1I. The summed E-state index contributed by atoms with van der Waals surface area (Å²) in [6.45, 7) is 7.20. The second-order valence-electron chi connectivity index (χ2n) is 6.05. The first-order valence-electron chi connectivity index (χ1n) is 7.98. The molecule has 21 heavy (non-hydrogen) atoms. The minimum absolute atomic E-state index is 0.331. The van der Waals surface area contributed by atoms with Crippen LogP contribution in [0.25, 0.3) is 0 Å². The van der Waals surface area contributed by atoms with Crippen molar-refractivity contribution in [2.75, 3.05) is 12.3 Å². The molecule has 1 saturated carbocycles.